The number of nitrogens with one attached hydrogen (secondary N) is 1. The Balaban J connectivity index is 1.39. The van der Waals surface area contributed by atoms with Gasteiger partial charge in [-0.15, -0.1) is 0 Å². The van der Waals surface area contributed by atoms with Gasteiger partial charge in [0, 0.05) is 16.5 Å². The molecule has 1 amide bonds. The molecule has 1 atom stereocenters. The fraction of sp³-hybridized carbons (Fsp3) is 0.200. The lowest BCUT2D eigenvalue weighted by atomic mass is 9.98. The van der Waals surface area contributed by atoms with E-state index in [4.69, 9.17) is 10.3 Å². The first kappa shape index (κ1) is 21.9. The summed E-state index contributed by atoms with van der Waals surface area (Å²) in [4.78, 5) is 26.9. The standard InChI is InChI=1S/C25H22N4O4/c26-29-28-22-12-6-1-7-16(22)13-14-23(24(30)31)27-25(32)33-15-21-19-10-4-2-8-17(19)18-9-3-5-11-20(18)21/h1-12,21,23H,13-15H2,(H,27,32)(H,30,31)/t23-/m0/s1. The van der Waals surface area contributed by atoms with Crippen LogP contribution in [-0.4, -0.2) is 29.8 Å². The van der Waals surface area contributed by atoms with Crippen molar-refractivity contribution < 1.29 is 19.4 Å². The Hall–Kier alpha value is -4.29. The van der Waals surface area contributed by atoms with Crippen molar-refractivity contribution >= 4 is 17.7 Å². The number of ether oxygens (including phenoxy) is 1. The lowest BCUT2D eigenvalue weighted by Crippen LogP contribution is -2.41. The van der Waals surface area contributed by atoms with Crippen LogP contribution in [0.15, 0.2) is 77.9 Å². The van der Waals surface area contributed by atoms with E-state index < -0.39 is 18.1 Å². The molecule has 0 bridgehead atoms. The summed E-state index contributed by atoms with van der Waals surface area (Å²) in [5.41, 5.74) is 14.2. The van der Waals surface area contributed by atoms with Crippen LogP contribution in [0.4, 0.5) is 10.5 Å². The molecule has 0 saturated carbocycles. The number of alkyl carbamates (subject to hydrolysis) is 1. The lowest BCUT2D eigenvalue weighted by Gasteiger charge is -2.17. The van der Waals surface area contributed by atoms with Gasteiger partial charge in [-0.2, -0.15) is 0 Å². The van der Waals surface area contributed by atoms with Gasteiger partial charge in [-0.25, -0.2) is 9.59 Å². The van der Waals surface area contributed by atoms with Crippen LogP contribution in [0.1, 0.15) is 29.0 Å². The molecule has 0 aromatic heterocycles. The number of carbonyl (C=O) groups excluding carboxylic acids is 1. The normalized spacial score (nSPS) is 12.7. The molecule has 3 aromatic carbocycles. The van der Waals surface area contributed by atoms with Gasteiger partial charge in [0.15, 0.2) is 0 Å². The average Bonchev–Trinajstić information content (AvgIpc) is 3.15. The van der Waals surface area contributed by atoms with Crippen molar-refractivity contribution in [2.75, 3.05) is 6.61 Å². The largest absolute Gasteiger partial charge is 0.480 e. The molecule has 2 N–H and O–H groups in total. The maximum atomic E-state index is 12.5. The number of amides is 1. The highest BCUT2D eigenvalue weighted by molar-refractivity contribution is 5.81. The Morgan fingerprint density at radius 2 is 1.61 bits per heavy atom. The van der Waals surface area contributed by atoms with Crippen molar-refractivity contribution in [1.29, 1.82) is 0 Å². The minimum atomic E-state index is -1.16. The van der Waals surface area contributed by atoms with Crippen LogP contribution in [0.2, 0.25) is 0 Å². The third kappa shape index (κ3) is 4.81. The summed E-state index contributed by atoms with van der Waals surface area (Å²) in [5.74, 6) is -1.27. The zero-order chi connectivity index (χ0) is 23.2. The smallest absolute Gasteiger partial charge is 0.407 e. The van der Waals surface area contributed by atoms with E-state index in [0.29, 0.717) is 17.7 Å². The van der Waals surface area contributed by atoms with Crippen LogP contribution in [0.25, 0.3) is 21.6 Å². The van der Waals surface area contributed by atoms with Gasteiger partial charge in [-0.3, -0.25) is 0 Å². The van der Waals surface area contributed by atoms with E-state index in [9.17, 15) is 14.7 Å². The van der Waals surface area contributed by atoms with Crippen molar-refractivity contribution in [2.45, 2.75) is 24.8 Å². The summed E-state index contributed by atoms with van der Waals surface area (Å²) in [7, 11) is 0. The number of rotatable bonds is 8. The summed E-state index contributed by atoms with van der Waals surface area (Å²) in [6.45, 7) is 0.103. The van der Waals surface area contributed by atoms with E-state index in [2.05, 4.69) is 15.3 Å². The highest BCUT2D eigenvalue weighted by Crippen LogP contribution is 2.44. The van der Waals surface area contributed by atoms with Gasteiger partial charge in [0.25, 0.3) is 0 Å². The van der Waals surface area contributed by atoms with Crippen molar-refractivity contribution in [3.63, 3.8) is 0 Å². The molecule has 8 heteroatoms. The Labute approximate surface area is 190 Å². The number of aliphatic carboxylic acids is 1. The molecule has 166 valence electrons. The average molecular weight is 442 g/mol. The van der Waals surface area contributed by atoms with Crippen LogP contribution in [0.3, 0.4) is 0 Å². The second-order valence-electron chi connectivity index (χ2n) is 7.72. The Morgan fingerprint density at radius 1 is 1.00 bits per heavy atom. The summed E-state index contributed by atoms with van der Waals surface area (Å²) in [6, 6.07) is 21.8. The first-order chi connectivity index (χ1) is 16.1. The first-order valence-corrected chi connectivity index (χ1v) is 10.6. The van der Waals surface area contributed by atoms with Gasteiger partial charge in [0.05, 0.1) is 0 Å². The molecular formula is C25H22N4O4. The number of hydrogen-bond acceptors (Lipinski definition) is 4. The number of hydrogen-bond donors (Lipinski definition) is 2. The van der Waals surface area contributed by atoms with Crippen molar-refractivity contribution in [2.24, 2.45) is 5.11 Å². The van der Waals surface area contributed by atoms with Gasteiger partial charge >= 0.3 is 12.1 Å². The second kappa shape index (κ2) is 9.89. The van der Waals surface area contributed by atoms with Crippen LogP contribution >= 0.6 is 0 Å². The molecule has 0 saturated heterocycles. The van der Waals surface area contributed by atoms with E-state index in [1.807, 2.05) is 48.5 Å². The van der Waals surface area contributed by atoms with Crippen LogP contribution in [0, 0.1) is 0 Å². The molecule has 8 nitrogen and oxygen atoms in total. The number of azide groups is 1. The summed E-state index contributed by atoms with van der Waals surface area (Å²) >= 11 is 0. The summed E-state index contributed by atoms with van der Waals surface area (Å²) in [6.07, 6.45) is -0.347. The number of carboxylic acids is 1. The number of benzene rings is 3. The Kier molecular flexibility index (Phi) is 6.57. The molecule has 33 heavy (non-hydrogen) atoms. The van der Waals surface area contributed by atoms with E-state index >= 15 is 0 Å². The first-order valence-electron chi connectivity index (χ1n) is 10.6. The number of nitrogens with zero attached hydrogens (tertiary/aromatic N) is 3. The van der Waals surface area contributed by atoms with Gasteiger partial charge in [0.2, 0.25) is 0 Å². The van der Waals surface area contributed by atoms with E-state index in [1.54, 1.807) is 24.3 Å². The zero-order valence-corrected chi connectivity index (χ0v) is 17.7. The molecule has 0 aliphatic heterocycles. The van der Waals surface area contributed by atoms with Crippen LogP contribution in [0.5, 0.6) is 0 Å². The molecule has 1 aliphatic rings. The monoisotopic (exact) mass is 442 g/mol. The highest BCUT2D eigenvalue weighted by atomic mass is 16.5. The fourth-order valence-electron chi connectivity index (χ4n) is 4.21. The number of aryl methyl sites for hydroxylation is 1. The maximum absolute atomic E-state index is 12.5. The molecule has 3 aromatic rings. The van der Waals surface area contributed by atoms with Crippen molar-refractivity contribution in [3.8, 4) is 11.1 Å². The third-order valence-corrected chi connectivity index (χ3v) is 5.78. The zero-order valence-electron chi connectivity index (χ0n) is 17.7. The Morgan fingerprint density at radius 3 is 2.24 bits per heavy atom. The highest BCUT2D eigenvalue weighted by Gasteiger charge is 2.29. The second-order valence-corrected chi connectivity index (χ2v) is 7.72. The predicted octanol–water partition coefficient (Wildman–Crippen LogP) is 5.55. The number of carbonyl (C=O) groups is 2. The molecule has 1 aliphatic carbocycles. The van der Waals surface area contributed by atoms with Crippen molar-refractivity contribution in [3.05, 3.63) is 99.9 Å². The summed E-state index contributed by atoms with van der Waals surface area (Å²) in [5, 5.41) is 15.6. The SMILES string of the molecule is [N-]=[N+]=Nc1ccccc1CC[C@H](NC(=O)OCC1c2ccccc2-c2ccccc21)C(=O)O. The van der Waals surface area contributed by atoms with Crippen LogP contribution in [-0.2, 0) is 16.0 Å². The van der Waals surface area contributed by atoms with E-state index in [-0.39, 0.29) is 18.9 Å². The van der Waals surface area contributed by atoms with Gasteiger partial charge < -0.3 is 15.2 Å². The molecule has 0 radical (unpaired) electrons. The fourth-order valence-corrected chi connectivity index (χ4v) is 4.21. The van der Waals surface area contributed by atoms with Gasteiger partial charge in [-0.05, 0) is 46.2 Å². The molecule has 4 rings (SSSR count). The Bertz CT molecular complexity index is 1190. The minimum Gasteiger partial charge on any atom is -0.480 e. The number of carboxylic acid groups (broad SMARTS) is 1. The van der Waals surface area contributed by atoms with E-state index in [0.717, 1.165) is 22.3 Å². The van der Waals surface area contributed by atoms with Gasteiger partial charge in [0.1, 0.15) is 12.6 Å². The topological polar surface area (TPSA) is 124 Å². The minimum absolute atomic E-state index is 0.103. The molecule has 0 spiro atoms. The van der Waals surface area contributed by atoms with Gasteiger partial charge in [-0.1, -0.05) is 77.9 Å². The summed E-state index contributed by atoms with van der Waals surface area (Å²) < 4.78 is 5.45. The molecule has 0 unspecified atom stereocenters. The molecule has 0 heterocycles. The van der Waals surface area contributed by atoms with Crippen molar-refractivity contribution in [1.82, 2.24) is 5.32 Å². The quantitative estimate of drug-likeness (QED) is 0.269. The number of fused-ring (bicyclic) bond motifs is 3. The predicted molar refractivity (Wildman–Crippen MR) is 123 cm³/mol. The maximum Gasteiger partial charge on any atom is 0.407 e. The molecular weight excluding hydrogens is 420 g/mol. The lowest BCUT2D eigenvalue weighted by molar-refractivity contribution is -0.139. The molecule has 0 fully saturated rings. The third-order valence-electron chi connectivity index (χ3n) is 5.78. The van der Waals surface area contributed by atoms with Crippen LogP contribution < -0.4 is 5.32 Å². The van der Waals surface area contributed by atoms with E-state index in [1.165, 1.54) is 0 Å².